The average molecular weight is 255 g/mol. The van der Waals surface area contributed by atoms with E-state index in [1.807, 2.05) is 0 Å². The van der Waals surface area contributed by atoms with Crippen LogP contribution < -0.4 is 5.14 Å². The zero-order chi connectivity index (χ0) is 12.5. The molecule has 3 N–H and O–H groups in total. The topological polar surface area (TPSA) is 80.4 Å². The third kappa shape index (κ3) is 2.68. The van der Waals surface area contributed by atoms with Crippen LogP contribution in [-0.2, 0) is 15.6 Å². The number of benzene rings is 1. The first-order valence-corrected chi connectivity index (χ1v) is 7.32. The smallest absolute Gasteiger partial charge is 0.238 e. The van der Waals surface area contributed by atoms with Gasteiger partial charge in [0.25, 0.3) is 0 Å². The standard InChI is InChI=1S/C12H17NO3S/c13-17(15,16)11-6-4-5-10(9-11)12(14)7-2-1-3-8-12/h4-6,9,14H,1-3,7-8H2,(H2,13,15,16). The van der Waals surface area contributed by atoms with Crippen molar-refractivity contribution in [3.05, 3.63) is 29.8 Å². The molecule has 0 aromatic heterocycles. The Labute approximate surface area is 102 Å². The maximum Gasteiger partial charge on any atom is 0.238 e. The predicted octanol–water partition coefficient (Wildman–Crippen LogP) is 1.49. The number of sulfonamides is 1. The molecule has 94 valence electrons. The van der Waals surface area contributed by atoms with E-state index in [9.17, 15) is 13.5 Å². The van der Waals surface area contributed by atoms with Gasteiger partial charge in [-0.05, 0) is 30.5 Å². The quantitative estimate of drug-likeness (QED) is 0.840. The highest BCUT2D eigenvalue weighted by atomic mass is 32.2. The van der Waals surface area contributed by atoms with E-state index >= 15 is 0 Å². The number of aliphatic hydroxyl groups is 1. The van der Waals surface area contributed by atoms with Crippen LogP contribution >= 0.6 is 0 Å². The molecule has 1 saturated carbocycles. The van der Waals surface area contributed by atoms with E-state index in [0.29, 0.717) is 18.4 Å². The van der Waals surface area contributed by atoms with Gasteiger partial charge in [-0.25, -0.2) is 13.6 Å². The zero-order valence-electron chi connectivity index (χ0n) is 9.59. The van der Waals surface area contributed by atoms with E-state index in [0.717, 1.165) is 19.3 Å². The molecule has 1 fully saturated rings. The lowest BCUT2D eigenvalue weighted by Gasteiger charge is -2.32. The summed E-state index contributed by atoms with van der Waals surface area (Å²) < 4.78 is 22.5. The fourth-order valence-electron chi connectivity index (χ4n) is 2.39. The van der Waals surface area contributed by atoms with E-state index < -0.39 is 15.6 Å². The minimum Gasteiger partial charge on any atom is -0.385 e. The summed E-state index contributed by atoms with van der Waals surface area (Å²) in [5.41, 5.74) is -0.234. The highest BCUT2D eigenvalue weighted by molar-refractivity contribution is 7.89. The SMILES string of the molecule is NS(=O)(=O)c1cccc(C2(O)CCCCC2)c1. The second kappa shape index (κ2) is 4.40. The summed E-state index contributed by atoms with van der Waals surface area (Å²) in [4.78, 5) is 0.0639. The van der Waals surface area contributed by atoms with E-state index in [-0.39, 0.29) is 4.90 Å². The summed E-state index contributed by atoms with van der Waals surface area (Å²) in [6, 6.07) is 6.33. The fourth-order valence-corrected chi connectivity index (χ4v) is 2.95. The third-order valence-electron chi connectivity index (χ3n) is 3.38. The van der Waals surface area contributed by atoms with Gasteiger partial charge >= 0.3 is 0 Å². The molecule has 0 amide bonds. The van der Waals surface area contributed by atoms with Crippen molar-refractivity contribution in [2.45, 2.75) is 42.6 Å². The van der Waals surface area contributed by atoms with E-state index in [1.165, 1.54) is 12.1 Å². The summed E-state index contributed by atoms with van der Waals surface area (Å²) in [6.45, 7) is 0. The van der Waals surface area contributed by atoms with Crippen molar-refractivity contribution < 1.29 is 13.5 Å². The molecule has 0 unspecified atom stereocenters. The van der Waals surface area contributed by atoms with Crippen LogP contribution in [0, 0.1) is 0 Å². The molecule has 0 atom stereocenters. The largest absolute Gasteiger partial charge is 0.385 e. The number of rotatable bonds is 2. The lowest BCUT2D eigenvalue weighted by atomic mass is 9.80. The molecule has 0 aliphatic heterocycles. The highest BCUT2D eigenvalue weighted by Gasteiger charge is 2.31. The minimum atomic E-state index is -3.70. The summed E-state index contributed by atoms with van der Waals surface area (Å²) in [7, 11) is -3.70. The van der Waals surface area contributed by atoms with Gasteiger partial charge in [-0.1, -0.05) is 31.4 Å². The molecule has 1 aliphatic rings. The summed E-state index contributed by atoms with van der Waals surface area (Å²) in [5.74, 6) is 0. The molecule has 0 bridgehead atoms. The van der Waals surface area contributed by atoms with Crippen molar-refractivity contribution in [2.24, 2.45) is 5.14 Å². The van der Waals surface area contributed by atoms with Crippen LogP contribution in [-0.4, -0.2) is 13.5 Å². The molecule has 0 heterocycles. The van der Waals surface area contributed by atoms with E-state index in [4.69, 9.17) is 5.14 Å². The van der Waals surface area contributed by atoms with Gasteiger partial charge in [0.15, 0.2) is 0 Å². The number of hydrogen-bond acceptors (Lipinski definition) is 3. The maximum absolute atomic E-state index is 11.3. The van der Waals surface area contributed by atoms with Crippen molar-refractivity contribution in [3.63, 3.8) is 0 Å². The molecule has 1 aromatic carbocycles. The van der Waals surface area contributed by atoms with Gasteiger partial charge in [-0.2, -0.15) is 0 Å². The van der Waals surface area contributed by atoms with Crippen LogP contribution in [0.4, 0.5) is 0 Å². The van der Waals surface area contributed by atoms with Crippen LogP contribution in [0.3, 0.4) is 0 Å². The Hall–Kier alpha value is -0.910. The van der Waals surface area contributed by atoms with Crippen LogP contribution in [0.1, 0.15) is 37.7 Å². The number of hydrogen-bond donors (Lipinski definition) is 2. The lowest BCUT2D eigenvalue weighted by Crippen LogP contribution is -2.28. The summed E-state index contributed by atoms with van der Waals surface area (Å²) >= 11 is 0. The first-order chi connectivity index (χ1) is 7.92. The van der Waals surface area contributed by atoms with Gasteiger partial charge in [0.1, 0.15) is 0 Å². The molecule has 2 rings (SSSR count). The Morgan fingerprint density at radius 1 is 1.18 bits per heavy atom. The summed E-state index contributed by atoms with van der Waals surface area (Å²) in [5, 5.41) is 15.6. The van der Waals surface area contributed by atoms with Crippen LogP contribution in [0.25, 0.3) is 0 Å². The zero-order valence-corrected chi connectivity index (χ0v) is 10.4. The monoisotopic (exact) mass is 255 g/mol. The van der Waals surface area contributed by atoms with Gasteiger partial charge in [0.2, 0.25) is 10.0 Å². The highest BCUT2D eigenvalue weighted by Crippen LogP contribution is 2.37. The lowest BCUT2D eigenvalue weighted by molar-refractivity contribution is -0.000810. The van der Waals surface area contributed by atoms with E-state index in [1.54, 1.807) is 12.1 Å². The predicted molar refractivity (Wildman–Crippen MR) is 64.8 cm³/mol. The Morgan fingerprint density at radius 2 is 1.82 bits per heavy atom. The molecule has 1 aromatic rings. The van der Waals surface area contributed by atoms with Crippen LogP contribution in [0.2, 0.25) is 0 Å². The summed E-state index contributed by atoms with van der Waals surface area (Å²) in [6.07, 6.45) is 4.42. The van der Waals surface area contributed by atoms with Crippen molar-refractivity contribution in [2.75, 3.05) is 0 Å². The van der Waals surface area contributed by atoms with Crippen LogP contribution in [0.15, 0.2) is 29.2 Å². The van der Waals surface area contributed by atoms with Crippen molar-refractivity contribution >= 4 is 10.0 Å². The molecule has 1 aliphatic carbocycles. The molecular weight excluding hydrogens is 238 g/mol. The Morgan fingerprint density at radius 3 is 2.41 bits per heavy atom. The third-order valence-corrected chi connectivity index (χ3v) is 4.29. The van der Waals surface area contributed by atoms with Gasteiger partial charge in [0, 0.05) is 0 Å². The molecule has 0 saturated heterocycles. The fraction of sp³-hybridized carbons (Fsp3) is 0.500. The maximum atomic E-state index is 11.3. The molecule has 0 spiro atoms. The number of nitrogens with two attached hydrogens (primary N) is 1. The van der Waals surface area contributed by atoms with E-state index in [2.05, 4.69) is 0 Å². The normalized spacial score (nSPS) is 20.1. The molecule has 0 radical (unpaired) electrons. The Balaban J connectivity index is 2.39. The second-order valence-corrected chi connectivity index (χ2v) is 6.23. The van der Waals surface area contributed by atoms with Crippen molar-refractivity contribution in [1.82, 2.24) is 0 Å². The Kier molecular flexibility index (Phi) is 3.25. The second-order valence-electron chi connectivity index (χ2n) is 4.67. The van der Waals surface area contributed by atoms with Gasteiger partial charge < -0.3 is 5.11 Å². The molecule has 5 heteroatoms. The molecule has 4 nitrogen and oxygen atoms in total. The van der Waals surface area contributed by atoms with Crippen molar-refractivity contribution in [3.8, 4) is 0 Å². The van der Waals surface area contributed by atoms with Gasteiger partial charge in [0.05, 0.1) is 10.5 Å². The molecular formula is C12H17NO3S. The van der Waals surface area contributed by atoms with Crippen LogP contribution in [0.5, 0.6) is 0 Å². The number of primary sulfonamides is 1. The Bertz CT molecular complexity index is 504. The average Bonchev–Trinajstić information content (AvgIpc) is 2.29. The molecule has 17 heavy (non-hydrogen) atoms. The first kappa shape index (κ1) is 12.5. The first-order valence-electron chi connectivity index (χ1n) is 5.78. The van der Waals surface area contributed by atoms with Gasteiger partial charge in [-0.15, -0.1) is 0 Å². The van der Waals surface area contributed by atoms with Crippen molar-refractivity contribution in [1.29, 1.82) is 0 Å². The van der Waals surface area contributed by atoms with Gasteiger partial charge in [-0.3, -0.25) is 0 Å². The minimum absolute atomic E-state index is 0.0639.